The maximum absolute atomic E-state index is 12.2. The molecule has 1 heterocycles. The maximum atomic E-state index is 12.2. The average molecular weight is 282 g/mol. The number of likely N-dealkylation sites (tertiary alicyclic amines) is 1. The predicted molar refractivity (Wildman–Crippen MR) is 79.4 cm³/mol. The molecule has 0 radical (unpaired) electrons. The lowest BCUT2D eigenvalue weighted by Crippen LogP contribution is -2.44. The van der Waals surface area contributed by atoms with Gasteiger partial charge in [-0.25, -0.2) is 0 Å². The number of nitrogen functional groups attached to an aromatic ring is 1. The number of carbonyl (C=O) groups is 1. The minimum Gasteiger partial charge on any atom is -0.397 e. The van der Waals surface area contributed by atoms with Crippen LogP contribution in [0.1, 0.15) is 26.2 Å². The number of hydrogen-bond donors (Lipinski definition) is 2. The Labute approximate surface area is 118 Å². The molecule has 4 nitrogen and oxygen atoms in total. The van der Waals surface area contributed by atoms with Gasteiger partial charge in [-0.1, -0.05) is 18.0 Å². The Kier molecular flexibility index (Phi) is 4.66. The van der Waals surface area contributed by atoms with Crippen LogP contribution in [0.25, 0.3) is 0 Å². The molecule has 3 N–H and O–H groups in total. The lowest BCUT2D eigenvalue weighted by molar-refractivity contribution is -0.121. The maximum Gasteiger partial charge on any atom is 0.241 e. The summed E-state index contributed by atoms with van der Waals surface area (Å²) in [6, 6.07) is 4.95. The van der Waals surface area contributed by atoms with Crippen molar-refractivity contribution in [2.45, 2.75) is 32.2 Å². The number of hydrogen-bond acceptors (Lipinski definition) is 3. The summed E-state index contributed by atoms with van der Waals surface area (Å²) in [4.78, 5) is 14.4. The van der Waals surface area contributed by atoms with Crippen LogP contribution in [0.2, 0.25) is 5.02 Å². The van der Waals surface area contributed by atoms with Crippen LogP contribution in [-0.4, -0.2) is 29.9 Å². The fourth-order valence-corrected chi connectivity index (χ4v) is 2.52. The Hall–Kier alpha value is -1.26. The van der Waals surface area contributed by atoms with Crippen molar-refractivity contribution in [3.05, 3.63) is 23.2 Å². The first-order chi connectivity index (χ1) is 9.08. The monoisotopic (exact) mass is 281 g/mol. The van der Waals surface area contributed by atoms with Crippen molar-refractivity contribution in [2.75, 3.05) is 24.1 Å². The summed E-state index contributed by atoms with van der Waals surface area (Å²) in [6.45, 7) is 3.90. The second kappa shape index (κ2) is 6.26. The fourth-order valence-electron chi connectivity index (χ4n) is 2.35. The Morgan fingerprint density at radius 2 is 2.05 bits per heavy atom. The molecule has 0 aromatic heterocycles. The van der Waals surface area contributed by atoms with Crippen LogP contribution in [0.15, 0.2) is 18.2 Å². The van der Waals surface area contributed by atoms with Crippen molar-refractivity contribution >= 4 is 28.9 Å². The molecule has 0 spiro atoms. The van der Waals surface area contributed by atoms with E-state index in [1.807, 2.05) is 6.92 Å². The number of halogens is 1. The van der Waals surface area contributed by atoms with E-state index in [4.69, 9.17) is 17.3 Å². The van der Waals surface area contributed by atoms with Crippen LogP contribution in [0, 0.1) is 0 Å². The van der Waals surface area contributed by atoms with E-state index in [0.717, 1.165) is 25.9 Å². The van der Waals surface area contributed by atoms with E-state index in [9.17, 15) is 4.79 Å². The van der Waals surface area contributed by atoms with Gasteiger partial charge in [0.25, 0.3) is 0 Å². The Balaban J connectivity index is 2.01. The minimum atomic E-state index is -0.140. The Morgan fingerprint density at radius 3 is 2.74 bits per heavy atom. The molecule has 1 amide bonds. The SMILES string of the molecule is CC(C(=O)Nc1cc(Cl)ccc1N)N1CCCCC1. The van der Waals surface area contributed by atoms with Gasteiger partial charge >= 0.3 is 0 Å². The number of benzene rings is 1. The molecule has 1 atom stereocenters. The summed E-state index contributed by atoms with van der Waals surface area (Å²) >= 11 is 5.91. The first kappa shape index (κ1) is 14.2. The highest BCUT2D eigenvalue weighted by atomic mass is 35.5. The summed E-state index contributed by atoms with van der Waals surface area (Å²) in [5.74, 6) is -0.0316. The Morgan fingerprint density at radius 1 is 1.37 bits per heavy atom. The van der Waals surface area contributed by atoms with Crippen molar-refractivity contribution in [3.63, 3.8) is 0 Å². The van der Waals surface area contributed by atoms with Crippen LogP contribution < -0.4 is 11.1 Å². The molecular formula is C14H20ClN3O. The zero-order valence-corrected chi connectivity index (χ0v) is 11.9. The first-order valence-electron chi connectivity index (χ1n) is 6.68. The molecule has 0 saturated carbocycles. The highest BCUT2D eigenvalue weighted by molar-refractivity contribution is 6.31. The largest absolute Gasteiger partial charge is 0.397 e. The molecule has 1 aliphatic heterocycles. The summed E-state index contributed by atoms with van der Waals surface area (Å²) in [5.41, 5.74) is 6.95. The molecule has 19 heavy (non-hydrogen) atoms. The summed E-state index contributed by atoms with van der Waals surface area (Å²) in [6.07, 6.45) is 3.58. The van der Waals surface area contributed by atoms with Gasteiger partial charge in [-0.15, -0.1) is 0 Å². The third kappa shape index (κ3) is 3.61. The second-order valence-electron chi connectivity index (χ2n) is 4.99. The number of nitrogens with one attached hydrogen (secondary N) is 1. The molecular weight excluding hydrogens is 262 g/mol. The minimum absolute atomic E-state index is 0.0316. The zero-order chi connectivity index (χ0) is 13.8. The lowest BCUT2D eigenvalue weighted by Gasteiger charge is -2.31. The molecule has 0 bridgehead atoms. The summed E-state index contributed by atoms with van der Waals surface area (Å²) < 4.78 is 0. The number of nitrogens with zero attached hydrogens (tertiary/aromatic N) is 1. The zero-order valence-electron chi connectivity index (χ0n) is 11.2. The molecule has 1 unspecified atom stereocenters. The normalized spacial score (nSPS) is 18.0. The van der Waals surface area contributed by atoms with E-state index < -0.39 is 0 Å². The van der Waals surface area contributed by atoms with Gasteiger partial charge in [-0.3, -0.25) is 9.69 Å². The van der Waals surface area contributed by atoms with Crippen molar-refractivity contribution in [1.82, 2.24) is 4.90 Å². The van der Waals surface area contributed by atoms with Gasteiger partial charge < -0.3 is 11.1 Å². The molecule has 1 aromatic carbocycles. The third-order valence-electron chi connectivity index (χ3n) is 3.59. The van der Waals surface area contributed by atoms with E-state index in [1.54, 1.807) is 18.2 Å². The van der Waals surface area contributed by atoms with Crippen LogP contribution in [0.4, 0.5) is 11.4 Å². The number of nitrogens with two attached hydrogens (primary N) is 1. The van der Waals surface area contributed by atoms with Crippen LogP contribution in [0.3, 0.4) is 0 Å². The van der Waals surface area contributed by atoms with E-state index in [2.05, 4.69) is 10.2 Å². The quantitative estimate of drug-likeness (QED) is 0.838. The topological polar surface area (TPSA) is 58.4 Å². The van der Waals surface area contributed by atoms with E-state index in [-0.39, 0.29) is 11.9 Å². The van der Waals surface area contributed by atoms with Crippen LogP contribution in [-0.2, 0) is 4.79 Å². The highest BCUT2D eigenvalue weighted by Crippen LogP contribution is 2.23. The van der Waals surface area contributed by atoms with Crippen molar-refractivity contribution in [2.24, 2.45) is 0 Å². The number of rotatable bonds is 3. The first-order valence-corrected chi connectivity index (χ1v) is 7.05. The van der Waals surface area contributed by atoms with Crippen molar-refractivity contribution in [3.8, 4) is 0 Å². The smallest absolute Gasteiger partial charge is 0.241 e. The summed E-state index contributed by atoms with van der Waals surface area (Å²) in [5, 5.41) is 3.42. The lowest BCUT2D eigenvalue weighted by atomic mass is 10.1. The fraction of sp³-hybridized carbons (Fsp3) is 0.500. The number of anilines is 2. The number of amides is 1. The van der Waals surface area contributed by atoms with Gasteiger partial charge in [0, 0.05) is 5.02 Å². The molecule has 1 aliphatic rings. The van der Waals surface area contributed by atoms with Gasteiger partial charge in [-0.05, 0) is 51.1 Å². The molecule has 1 saturated heterocycles. The number of carbonyl (C=O) groups excluding carboxylic acids is 1. The molecule has 1 aromatic rings. The Bertz CT molecular complexity index is 458. The molecule has 104 valence electrons. The molecule has 0 aliphatic carbocycles. The van der Waals surface area contributed by atoms with Crippen LogP contribution in [0.5, 0.6) is 0 Å². The van der Waals surface area contributed by atoms with Gasteiger partial charge in [0.1, 0.15) is 0 Å². The van der Waals surface area contributed by atoms with Crippen molar-refractivity contribution < 1.29 is 4.79 Å². The third-order valence-corrected chi connectivity index (χ3v) is 3.83. The standard InChI is InChI=1S/C14H20ClN3O/c1-10(18-7-3-2-4-8-18)14(19)17-13-9-11(15)5-6-12(13)16/h5-6,9-10H,2-4,7-8,16H2,1H3,(H,17,19). The second-order valence-corrected chi connectivity index (χ2v) is 5.43. The van der Waals surface area contributed by atoms with Gasteiger partial charge in [0.05, 0.1) is 17.4 Å². The highest BCUT2D eigenvalue weighted by Gasteiger charge is 2.23. The molecule has 5 heteroatoms. The van der Waals surface area contributed by atoms with Gasteiger partial charge in [-0.2, -0.15) is 0 Å². The summed E-state index contributed by atoms with van der Waals surface area (Å²) in [7, 11) is 0. The van der Waals surface area contributed by atoms with Gasteiger partial charge in [0.15, 0.2) is 0 Å². The molecule has 2 rings (SSSR count). The molecule has 1 fully saturated rings. The van der Waals surface area contributed by atoms with Crippen molar-refractivity contribution in [1.29, 1.82) is 0 Å². The van der Waals surface area contributed by atoms with Gasteiger partial charge in [0.2, 0.25) is 5.91 Å². The van der Waals surface area contributed by atoms with E-state index >= 15 is 0 Å². The average Bonchev–Trinajstić information content (AvgIpc) is 2.43. The van der Waals surface area contributed by atoms with Crippen LogP contribution >= 0.6 is 11.6 Å². The predicted octanol–water partition coefficient (Wildman–Crippen LogP) is 2.74. The number of piperidine rings is 1. The van der Waals surface area contributed by atoms with E-state index in [1.165, 1.54) is 6.42 Å². The van der Waals surface area contributed by atoms with E-state index in [0.29, 0.717) is 16.4 Å².